The summed E-state index contributed by atoms with van der Waals surface area (Å²) in [5.41, 5.74) is 1.12. The zero-order valence-corrected chi connectivity index (χ0v) is 34.5. The smallest absolute Gasteiger partial charge is 0.224 e. The van der Waals surface area contributed by atoms with Crippen molar-refractivity contribution >= 4 is 33.0 Å². The van der Waals surface area contributed by atoms with Crippen LogP contribution in [0.1, 0.15) is 142 Å². The van der Waals surface area contributed by atoms with E-state index in [2.05, 4.69) is 97.4 Å². The Balaban J connectivity index is 1.62. The first-order valence-corrected chi connectivity index (χ1v) is 22.3. The molecule has 55 heavy (non-hydrogen) atoms. The normalized spacial score (nSPS) is 12.4. The Morgan fingerprint density at radius 1 is 0.436 bits per heavy atom. The molecule has 0 aliphatic carbocycles. The minimum atomic E-state index is -3.76. The first kappa shape index (κ1) is 46.9. The molecule has 0 saturated heterocycles. The molecule has 2 aromatic carbocycles. The van der Waals surface area contributed by atoms with Crippen molar-refractivity contribution in [2.75, 3.05) is 10.6 Å². The van der Waals surface area contributed by atoms with Gasteiger partial charge in [-0.25, -0.2) is 8.42 Å². The van der Waals surface area contributed by atoms with E-state index < -0.39 is 9.84 Å². The summed E-state index contributed by atoms with van der Waals surface area (Å²) in [6, 6.07) is 12.5. The summed E-state index contributed by atoms with van der Waals surface area (Å²) < 4.78 is 26.5. The van der Waals surface area contributed by atoms with Crippen LogP contribution in [0.25, 0.3) is 0 Å². The number of allylic oxidation sites excluding steroid dienone is 12. The summed E-state index contributed by atoms with van der Waals surface area (Å²) >= 11 is 0. The van der Waals surface area contributed by atoms with Gasteiger partial charge in [-0.1, -0.05) is 112 Å². The van der Waals surface area contributed by atoms with Crippen molar-refractivity contribution < 1.29 is 18.0 Å². The largest absolute Gasteiger partial charge is 0.326 e. The summed E-state index contributed by atoms with van der Waals surface area (Å²) in [5, 5.41) is 5.73. The van der Waals surface area contributed by atoms with Gasteiger partial charge < -0.3 is 10.6 Å². The van der Waals surface area contributed by atoms with Gasteiger partial charge in [-0.05, 0) is 138 Å². The summed E-state index contributed by atoms with van der Waals surface area (Å²) in [4.78, 5) is 25.2. The number of anilines is 2. The second kappa shape index (κ2) is 31.0. The van der Waals surface area contributed by atoms with E-state index in [1.165, 1.54) is 75.6 Å². The average molecular weight is 769 g/mol. The lowest BCUT2D eigenvalue weighted by Gasteiger charge is -2.09. The fraction of sp³-hybridized carbons (Fsp3) is 0.458. The van der Waals surface area contributed by atoms with Crippen molar-refractivity contribution in [2.24, 2.45) is 0 Å². The van der Waals surface area contributed by atoms with Crippen molar-refractivity contribution in [1.29, 1.82) is 0 Å². The molecule has 0 aliphatic rings. The van der Waals surface area contributed by atoms with E-state index in [4.69, 9.17) is 0 Å². The van der Waals surface area contributed by atoms with Gasteiger partial charge in [0.05, 0.1) is 9.79 Å². The molecule has 0 bridgehead atoms. The van der Waals surface area contributed by atoms with Gasteiger partial charge in [0.2, 0.25) is 21.7 Å². The third-order valence-corrected chi connectivity index (χ3v) is 10.8. The molecule has 7 heteroatoms. The highest BCUT2D eigenvalue weighted by Gasteiger charge is 2.18. The predicted octanol–water partition coefficient (Wildman–Crippen LogP) is 13.6. The van der Waals surface area contributed by atoms with Gasteiger partial charge in [-0.3, -0.25) is 9.59 Å². The lowest BCUT2D eigenvalue weighted by atomic mass is 10.1. The molecule has 0 aromatic heterocycles. The minimum Gasteiger partial charge on any atom is -0.326 e. The fourth-order valence-corrected chi connectivity index (χ4v) is 6.95. The van der Waals surface area contributed by atoms with Gasteiger partial charge in [0.25, 0.3) is 0 Å². The van der Waals surface area contributed by atoms with Crippen molar-refractivity contribution in [2.45, 2.75) is 152 Å². The molecule has 2 rings (SSSR count). The first-order valence-electron chi connectivity index (χ1n) is 20.8. The van der Waals surface area contributed by atoms with E-state index in [0.29, 0.717) is 24.2 Å². The third kappa shape index (κ3) is 23.3. The number of rotatable bonds is 30. The number of unbranched alkanes of at least 4 members (excludes halogenated alkanes) is 10. The number of carbonyl (C=O) groups excluding carboxylic acids is 2. The monoisotopic (exact) mass is 768 g/mol. The van der Waals surface area contributed by atoms with Crippen LogP contribution in [0.2, 0.25) is 0 Å². The van der Waals surface area contributed by atoms with E-state index in [1.807, 2.05) is 0 Å². The van der Waals surface area contributed by atoms with Crippen LogP contribution >= 0.6 is 0 Å². The van der Waals surface area contributed by atoms with Gasteiger partial charge in [0, 0.05) is 24.2 Å². The topological polar surface area (TPSA) is 92.3 Å². The number of amides is 2. The van der Waals surface area contributed by atoms with Gasteiger partial charge in [-0.2, -0.15) is 0 Å². The van der Waals surface area contributed by atoms with E-state index in [9.17, 15) is 18.0 Å². The number of benzene rings is 2. The molecular formula is C48H68N2O4S. The second-order valence-corrected chi connectivity index (χ2v) is 15.9. The van der Waals surface area contributed by atoms with Gasteiger partial charge in [-0.15, -0.1) is 0 Å². The molecule has 6 nitrogen and oxygen atoms in total. The maximum absolute atomic E-state index is 13.2. The quantitative estimate of drug-likeness (QED) is 0.0611. The molecule has 0 atom stereocenters. The van der Waals surface area contributed by atoms with Crippen molar-refractivity contribution in [3.05, 3.63) is 121 Å². The molecule has 0 aliphatic heterocycles. The van der Waals surface area contributed by atoms with Crippen molar-refractivity contribution in [3.8, 4) is 0 Å². The number of hydrogen-bond donors (Lipinski definition) is 2. The average Bonchev–Trinajstić information content (AvgIpc) is 3.18. The Kier molecular flexibility index (Phi) is 26.5. The van der Waals surface area contributed by atoms with Crippen LogP contribution in [0, 0.1) is 0 Å². The van der Waals surface area contributed by atoms with Crippen LogP contribution in [-0.4, -0.2) is 20.2 Å². The van der Waals surface area contributed by atoms with Crippen LogP contribution in [0.3, 0.4) is 0 Å². The summed E-state index contributed by atoms with van der Waals surface area (Å²) in [7, 11) is -3.76. The summed E-state index contributed by atoms with van der Waals surface area (Å²) in [5.74, 6) is -0.176. The van der Waals surface area contributed by atoms with Gasteiger partial charge >= 0.3 is 0 Å². The molecule has 300 valence electrons. The maximum atomic E-state index is 13.2. The van der Waals surface area contributed by atoms with Crippen LogP contribution in [0.15, 0.2) is 131 Å². The predicted molar refractivity (Wildman–Crippen MR) is 234 cm³/mol. The molecule has 2 amide bonds. The summed E-state index contributed by atoms with van der Waals surface area (Å²) in [6.07, 6.45) is 46.5. The van der Waals surface area contributed by atoms with Crippen LogP contribution < -0.4 is 10.6 Å². The van der Waals surface area contributed by atoms with Crippen LogP contribution in [0.4, 0.5) is 11.4 Å². The van der Waals surface area contributed by atoms with E-state index in [0.717, 1.165) is 64.2 Å². The molecule has 0 spiro atoms. The second-order valence-electron chi connectivity index (χ2n) is 13.9. The molecule has 0 radical (unpaired) electrons. The van der Waals surface area contributed by atoms with Gasteiger partial charge in [0.1, 0.15) is 0 Å². The third-order valence-electron chi connectivity index (χ3n) is 8.98. The van der Waals surface area contributed by atoms with Gasteiger partial charge in [0.15, 0.2) is 0 Å². The fourth-order valence-electron chi connectivity index (χ4n) is 5.69. The zero-order valence-electron chi connectivity index (χ0n) is 33.7. The number of carbonyl (C=O) groups is 2. The Labute approximate surface area is 334 Å². The first-order chi connectivity index (χ1) is 26.9. The minimum absolute atomic E-state index is 0.0878. The Morgan fingerprint density at radius 3 is 1.04 bits per heavy atom. The zero-order chi connectivity index (χ0) is 39.7. The molecular weight excluding hydrogens is 701 g/mol. The Bertz CT molecular complexity index is 1500. The summed E-state index contributed by atoms with van der Waals surface area (Å²) in [6.45, 7) is 4.45. The highest BCUT2D eigenvalue weighted by Crippen LogP contribution is 2.24. The van der Waals surface area contributed by atoms with E-state index in [-0.39, 0.29) is 21.6 Å². The number of nitrogens with one attached hydrogen (secondary N) is 2. The SMILES string of the molecule is CCCCCC=CCC=CCC=CCCCCC(=O)Nc1ccc(S(=O)(=O)c2ccc(NC(=O)CCCCC=CCC=CCC=CCCCCC)cc2)cc1. The maximum Gasteiger partial charge on any atom is 0.224 e. The highest BCUT2D eigenvalue weighted by atomic mass is 32.2. The molecule has 0 fully saturated rings. The molecule has 0 saturated carbocycles. The number of sulfone groups is 1. The van der Waals surface area contributed by atoms with E-state index >= 15 is 0 Å². The number of hydrogen-bond acceptors (Lipinski definition) is 4. The van der Waals surface area contributed by atoms with E-state index in [1.54, 1.807) is 24.3 Å². The molecule has 0 heterocycles. The molecule has 0 unspecified atom stereocenters. The Hall–Kier alpha value is -4.23. The lowest BCUT2D eigenvalue weighted by molar-refractivity contribution is -0.117. The van der Waals surface area contributed by atoms with Crippen LogP contribution in [0.5, 0.6) is 0 Å². The molecule has 2 aromatic rings. The van der Waals surface area contributed by atoms with Crippen molar-refractivity contribution in [3.63, 3.8) is 0 Å². The lowest BCUT2D eigenvalue weighted by Crippen LogP contribution is -2.11. The Morgan fingerprint density at radius 2 is 0.727 bits per heavy atom. The molecule has 2 N–H and O–H groups in total. The highest BCUT2D eigenvalue weighted by molar-refractivity contribution is 7.91. The van der Waals surface area contributed by atoms with Crippen LogP contribution in [-0.2, 0) is 19.4 Å². The standard InChI is InChI=1S/C48H68N2O4S/c1-3-5-7-9-11-13-15-17-19-21-23-25-27-29-31-33-47(51)49-43-35-39-45(40-36-43)55(53,54)46-41-37-44(38-42-46)50-48(52)34-32-30-28-26-24-22-20-18-16-14-12-10-8-6-4-2/h11-14,17-20,23-26,35-42H,3-10,15-16,21-22,27-34H2,1-2H3,(H,49,51)(H,50,52). The van der Waals surface area contributed by atoms with Crippen molar-refractivity contribution in [1.82, 2.24) is 0 Å².